The standard InChI is InChI=1S/C46H28N2OS/c1-2-14-31(15-3-1)47-38-19-8-6-17-35(38)45-39(47)20-11-21-40(45)48(32-24-25-43-36(28-32)33-16-7-9-23-42(33)49-43)41-22-10-18-34-37-26-29-12-4-5-13-30(29)27-44(37)50-46(34)41/h1-28H. The highest BCUT2D eigenvalue weighted by Gasteiger charge is 2.24. The number of hydrogen-bond acceptors (Lipinski definition) is 3. The Morgan fingerprint density at radius 3 is 2.04 bits per heavy atom. The molecule has 234 valence electrons. The molecule has 0 saturated carbocycles. The van der Waals surface area contributed by atoms with Crippen LogP contribution in [0.5, 0.6) is 0 Å². The van der Waals surface area contributed by atoms with Gasteiger partial charge in [-0.3, -0.25) is 0 Å². The van der Waals surface area contributed by atoms with E-state index in [0.29, 0.717) is 0 Å². The van der Waals surface area contributed by atoms with Crippen LogP contribution in [0.15, 0.2) is 174 Å². The number of aromatic nitrogens is 1. The van der Waals surface area contributed by atoms with Crippen LogP contribution in [0.4, 0.5) is 17.1 Å². The van der Waals surface area contributed by atoms with Crippen LogP contribution in [0.1, 0.15) is 0 Å². The molecule has 0 fully saturated rings. The molecule has 0 atom stereocenters. The van der Waals surface area contributed by atoms with E-state index in [9.17, 15) is 0 Å². The van der Waals surface area contributed by atoms with E-state index in [1.165, 1.54) is 52.8 Å². The van der Waals surface area contributed by atoms with Crippen LogP contribution in [0, 0.1) is 0 Å². The molecule has 11 aromatic rings. The first-order chi connectivity index (χ1) is 24.8. The van der Waals surface area contributed by atoms with Crippen LogP contribution < -0.4 is 4.90 Å². The van der Waals surface area contributed by atoms with Crippen LogP contribution >= 0.6 is 11.3 Å². The van der Waals surface area contributed by atoms with Crippen molar-refractivity contribution in [2.75, 3.05) is 4.90 Å². The fourth-order valence-electron chi connectivity index (χ4n) is 7.95. The lowest BCUT2D eigenvalue weighted by molar-refractivity contribution is 0.669. The van der Waals surface area contributed by atoms with Crippen molar-refractivity contribution in [3.05, 3.63) is 170 Å². The minimum Gasteiger partial charge on any atom is -0.456 e. The lowest BCUT2D eigenvalue weighted by atomic mass is 10.0. The van der Waals surface area contributed by atoms with Gasteiger partial charge in [-0.1, -0.05) is 97.1 Å². The van der Waals surface area contributed by atoms with E-state index in [4.69, 9.17) is 4.42 Å². The molecule has 0 aliphatic heterocycles. The zero-order valence-electron chi connectivity index (χ0n) is 26.9. The zero-order valence-corrected chi connectivity index (χ0v) is 27.7. The first-order valence-electron chi connectivity index (χ1n) is 16.9. The molecule has 11 rings (SSSR count). The van der Waals surface area contributed by atoms with E-state index in [2.05, 4.69) is 167 Å². The average Bonchev–Trinajstić information content (AvgIpc) is 3.84. The molecule has 50 heavy (non-hydrogen) atoms. The summed E-state index contributed by atoms with van der Waals surface area (Å²) in [6.45, 7) is 0. The molecule has 4 heteroatoms. The van der Waals surface area contributed by atoms with Gasteiger partial charge in [0.2, 0.25) is 0 Å². The Morgan fingerprint density at radius 2 is 1.14 bits per heavy atom. The minimum absolute atomic E-state index is 0.889. The smallest absolute Gasteiger partial charge is 0.135 e. The number of nitrogens with zero attached hydrogens (tertiary/aromatic N) is 2. The van der Waals surface area contributed by atoms with Crippen LogP contribution in [-0.2, 0) is 0 Å². The number of rotatable bonds is 4. The first kappa shape index (κ1) is 27.6. The second-order valence-corrected chi connectivity index (χ2v) is 14.0. The van der Waals surface area contributed by atoms with Crippen LogP contribution in [0.25, 0.3) is 80.4 Å². The van der Waals surface area contributed by atoms with Crippen LogP contribution in [0.2, 0.25) is 0 Å². The average molecular weight is 657 g/mol. The summed E-state index contributed by atoms with van der Waals surface area (Å²) >= 11 is 1.87. The molecule has 0 N–H and O–H groups in total. The minimum atomic E-state index is 0.889. The summed E-state index contributed by atoms with van der Waals surface area (Å²) in [7, 11) is 0. The fraction of sp³-hybridized carbons (Fsp3) is 0. The highest BCUT2D eigenvalue weighted by molar-refractivity contribution is 7.26. The monoisotopic (exact) mass is 656 g/mol. The molecule has 0 saturated heterocycles. The first-order valence-corrected chi connectivity index (χ1v) is 17.7. The lowest BCUT2D eigenvalue weighted by Gasteiger charge is -2.27. The van der Waals surface area contributed by atoms with Crippen molar-refractivity contribution >= 4 is 103 Å². The molecule has 0 radical (unpaired) electrons. The maximum atomic E-state index is 6.31. The second-order valence-electron chi connectivity index (χ2n) is 12.9. The van der Waals surface area contributed by atoms with Gasteiger partial charge in [0.1, 0.15) is 11.2 Å². The Morgan fingerprint density at radius 1 is 0.460 bits per heavy atom. The summed E-state index contributed by atoms with van der Waals surface area (Å²) in [5.41, 5.74) is 8.67. The van der Waals surface area contributed by atoms with Crippen molar-refractivity contribution in [1.29, 1.82) is 0 Å². The van der Waals surface area contributed by atoms with Gasteiger partial charge in [0, 0.05) is 48.4 Å². The molecule has 3 heterocycles. The Balaban J connectivity index is 1.26. The van der Waals surface area contributed by atoms with Crippen molar-refractivity contribution in [3.63, 3.8) is 0 Å². The van der Waals surface area contributed by atoms with Crippen molar-refractivity contribution in [1.82, 2.24) is 4.57 Å². The quantitative estimate of drug-likeness (QED) is 0.188. The van der Waals surface area contributed by atoms with E-state index in [-0.39, 0.29) is 0 Å². The van der Waals surface area contributed by atoms with Crippen LogP contribution in [0.3, 0.4) is 0 Å². The van der Waals surface area contributed by atoms with Crippen molar-refractivity contribution < 1.29 is 4.42 Å². The number of fused-ring (bicyclic) bond motifs is 10. The van der Waals surface area contributed by atoms with E-state index in [1.807, 2.05) is 23.5 Å². The second kappa shape index (κ2) is 10.6. The van der Waals surface area contributed by atoms with Crippen molar-refractivity contribution in [2.24, 2.45) is 0 Å². The molecule has 0 aliphatic rings. The molecule has 0 amide bonds. The van der Waals surface area contributed by atoms with E-state index >= 15 is 0 Å². The van der Waals surface area contributed by atoms with Gasteiger partial charge in [0.15, 0.2) is 0 Å². The Labute approximate surface area is 291 Å². The number of thiophene rings is 1. The fourth-order valence-corrected chi connectivity index (χ4v) is 9.18. The maximum absolute atomic E-state index is 6.31. The Bertz CT molecular complexity index is 3110. The topological polar surface area (TPSA) is 21.3 Å². The number of benzene rings is 8. The molecule has 0 aliphatic carbocycles. The van der Waals surface area contributed by atoms with Gasteiger partial charge in [0.05, 0.1) is 27.1 Å². The predicted octanol–water partition coefficient (Wildman–Crippen LogP) is 13.7. The molecule has 0 bridgehead atoms. The van der Waals surface area contributed by atoms with E-state index in [0.717, 1.165) is 44.7 Å². The normalized spacial score (nSPS) is 12.0. The third kappa shape index (κ3) is 3.97. The number of hydrogen-bond donors (Lipinski definition) is 0. The third-order valence-corrected chi connectivity index (χ3v) is 11.3. The van der Waals surface area contributed by atoms with Gasteiger partial charge in [-0.15, -0.1) is 11.3 Å². The van der Waals surface area contributed by atoms with Crippen molar-refractivity contribution in [3.8, 4) is 5.69 Å². The molecule has 8 aromatic carbocycles. The highest BCUT2D eigenvalue weighted by Crippen LogP contribution is 2.49. The Kier molecular flexibility index (Phi) is 5.83. The SMILES string of the molecule is c1ccc(-n2c3ccccc3c3c(N(c4ccc5oc6ccccc6c5c4)c4cccc5c4sc4cc6ccccc6cc45)cccc32)cc1. The van der Waals surface area contributed by atoms with Crippen LogP contribution in [-0.4, -0.2) is 4.57 Å². The van der Waals surface area contributed by atoms with Gasteiger partial charge < -0.3 is 13.9 Å². The van der Waals surface area contributed by atoms with Crippen molar-refractivity contribution in [2.45, 2.75) is 0 Å². The molecule has 3 nitrogen and oxygen atoms in total. The van der Waals surface area contributed by atoms with Gasteiger partial charge in [0.25, 0.3) is 0 Å². The highest BCUT2D eigenvalue weighted by atomic mass is 32.1. The summed E-state index contributed by atoms with van der Waals surface area (Å²) in [6, 6.07) is 61.3. The maximum Gasteiger partial charge on any atom is 0.135 e. The molecule has 0 unspecified atom stereocenters. The Hall–Kier alpha value is -6.36. The summed E-state index contributed by atoms with van der Waals surface area (Å²) in [5.74, 6) is 0. The summed E-state index contributed by atoms with van der Waals surface area (Å²) in [6.07, 6.45) is 0. The predicted molar refractivity (Wildman–Crippen MR) is 213 cm³/mol. The summed E-state index contributed by atoms with van der Waals surface area (Å²) in [4.78, 5) is 2.47. The van der Waals surface area contributed by atoms with E-state index < -0.39 is 0 Å². The largest absolute Gasteiger partial charge is 0.456 e. The third-order valence-electron chi connectivity index (χ3n) is 10.1. The zero-order chi connectivity index (χ0) is 32.8. The van der Waals surface area contributed by atoms with Gasteiger partial charge in [-0.2, -0.15) is 0 Å². The molecule has 0 spiro atoms. The number of anilines is 3. The van der Waals surface area contributed by atoms with E-state index in [1.54, 1.807) is 0 Å². The summed E-state index contributed by atoms with van der Waals surface area (Å²) < 4.78 is 11.3. The number of furan rings is 1. The molecular formula is C46H28N2OS. The summed E-state index contributed by atoms with van der Waals surface area (Å²) in [5, 5.41) is 9.75. The molecule has 3 aromatic heterocycles. The lowest BCUT2D eigenvalue weighted by Crippen LogP contribution is -2.10. The van der Waals surface area contributed by atoms with Gasteiger partial charge in [-0.05, 0) is 83.6 Å². The van der Waals surface area contributed by atoms with Gasteiger partial charge >= 0.3 is 0 Å². The molecular weight excluding hydrogens is 629 g/mol. The number of para-hydroxylation sites is 3. The van der Waals surface area contributed by atoms with Gasteiger partial charge in [-0.25, -0.2) is 0 Å².